The van der Waals surface area contributed by atoms with Crippen LogP contribution in [-0.4, -0.2) is 30.4 Å². The number of carbonyl (C=O) groups excluding carboxylic acids is 1. The van der Waals surface area contributed by atoms with Crippen LogP contribution in [0.5, 0.6) is 23.0 Å². The van der Waals surface area contributed by atoms with E-state index in [2.05, 4.69) is 20.8 Å². The van der Waals surface area contributed by atoms with Crippen molar-refractivity contribution in [3.63, 3.8) is 0 Å². The van der Waals surface area contributed by atoms with Gasteiger partial charge in [0.15, 0.2) is 17.3 Å². The maximum absolute atomic E-state index is 12.2. The number of aromatic nitrogens is 2. The molecule has 2 N–H and O–H groups in total. The Hall–Kier alpha value is -3.69. The van der Waals surface area contributed by atoms with E-state index < -0.39 is 6.03 Å². The molecule has 33 heavy (non-hydrogen) atoms. The lowest BCUT2D eigenvalue weighted by molar-refractivity contribution is 0.262. The van der Waals surface area contributed by atoms with Crippen LogP contribution in [0, 0.1) is 6.92 Å². The molecule has 11 heteroatoms. The molecule has 0 radical (unpaired) electrons. The zero-order valence-electron chi connectivity index (χ0n) is 17.8. The first-order valence-corrected chi connectivity index (χ1v) is 9.84. The summed E-state index contributed by atoms with van der Waals surface area (Å²) in [7, 11) is 3.13. The average Bonchev–Trinajstić information content (AvgIpc) is 3.19. The van der Waals surface area contributed by atoms with Crippen LogP contribution < -0.4 is 24.8 Å². The van der Waals surface area contributed by atoms with Gasteiger partial charge in [0.05, 0.1) is 30.4 Å². The lowest BCUT2D eigenvalue weighted by Crippen LogP contribution is -2.19. The third kappa shape index (κ3) is 5.39. The third-order valence-corrected chi connectivity index (χ3v) is 4.81. The van der Waals surface area contributed by atoms with Crippen molar-refractivity contribution in [2.45, 2.75) is 6.92 Å². The number of nitrogens with one attached hydrogen (secondary N) is 2. The average molecular weight is 491 g/mol. The second-order valence-electron chi connectivity index (χ2n) is 6.68. The minimum atomic E-state index is -0.505. The van der Waals surface area contributed by atoms with Gasteiger partial charge in [-0.05, 0) is 31.2 Å². The molecule has 2 aromatic heterocycles. The fourth-order valence-corrected chi connectivity index (χ4v) is 3.24. The number of methoxy groups -OCH3 is 2. The topological polar surface area (TPSA) is 108 Å². The Bertz CT molecular complexity index is 1300. The Labute approximate surface area is 200 Å². The number of benzene rings is 2. The largest absolute Gasteiger partial charge is 0.493 e. The zero-order valence-corrected chi connectivity index (χ0v) is 19.4. The van der Waals surface area contributed by atoms with Gasteiger partial charge in [0.25, 0.3) is 0 Å². The van der Waals surface area contributed by atoms with Gasteiger partial charge < -0.3 is 24.1 Å². The van der Waals surface area contributed by atoms with Gasteiger partial charge in [-0.3, -0.25) is 10.3 Å². The highest BCUT2D eigenvalue weighted by Gasteiger charge is 2.13. The molecule has 0 spiro atoms. The molecule has 172 valence electrons. The molecule has 0 aliphatic carbocycles. The molecule has 0 bridgehead atoms. The molecule has 9 nitrogen and oxygen atoms in total. The van der Waals surface area contributed by atoms with E-state index >= 15 is 0 Å². The first kappa shape index (κ1) is 24.0. The maximum Gasteiger partial charge on any atom is 0.324 e. The van der Waals surface area contributed by atoms with Gasteiger partial charge in [0, 0.05) is 29.8 Å². The maximum atomic E-state index is 12.2. The van der Waals surface area contributed by atoms with Crippen LogP contribution in [0.3, 0.4) is 0 Å². The fourth-order valence-electron chi connectivity index (χ4n) is 3.02. The van der Waals surface area contributed by atoms with E-state index in [0.29, 0.717) is 50.8 Å². The van der Waals surface area contributed by atoms with Gasteiger partial charge >= 0.3 is 6.03 Å². The Kier molecular flexibility index (Phi) is 7.47. The summed E-state index contributed by atoms with van der Waals surface area (Å²) in [5.41, 5.74) is 1.09. The summed E-state index contributed by atoms with van der Waals surface area (Å²) < 4.78 is 21.7. The van der Waals surface area contributed by atoms with Crippen LogP contribution in [0.1, 0.15) is 5.76 Å². The van der Waals surface area contributed by atoms with Crippen molar-refractivity contribution in [1.82, 2.24) is 10.1 Å². The van der Waals surface area contributed by atoms with Crippen molar-refractivity contribution in [3.8, 4) is 23.0 Å². The number of urea groups is 1. The van der Waals surface area contributed by atoms with Gasteiger partial charge in [0.1, 0.15) is 17.3 Å². The van der Waals surface area contributed by atoms with Crippen molar-refractivity contribution >= 4 is 52.4 Å². The molecule has 0 atom stereocenters. The van der Waals surface area contributed by atoms with Crippen molar-refractivity contribution in [1.29, 1.82) is 0 Å². The van der Waals surface area contributed by atoms with Crippen molar-refractivity contribution in [2.24, 2.45) is 0 Å². The Morgan fingerprint density at radius 2 is 1.76 bits per heavy atom. The van der Waals surface area contributed by atoms with E-state index in [9.17, 15) is 4.79 Å². The van der Waals surface area contributed by atoms with E-state index in [4.69, 9.17) is 30.3 Å². The number of hydrogen-bond donors (Lipinski definition) is 2. The van der Waals surface area contributed by atoms with E-state index in [1.165, 1.54) is 0 Å². The number of halogens is 2. The fraction of sp³-hybridized carbons (Fsp3) is 0.136. The van der Waals surface area contributed by atoms with Crippen molar-refractivity contribution in [2.75, 3.05) is 24.9 Å². The van der Waals surface area contributed by atoms with Crippen LogP contribution in [-0.2, 0) is 0 Å². The predicted molar refractivity (Wildman–Crippen MR) is 128 cm³/mol. The molecule has 2 heterocycles. The number of hydrogen-bond acceptors (Lipinski definition) is 7. The van der Waals surface area contributed by atoms with E-state index in [1.807, 2.05) is 0 Å². The van der Waals surface area contributed by atoms with Gasteiger partial charge in [-0.1, -0.05) is 16.8 Å². The van der Waals surface area contributed by atoms with Crippen LogP contribution in [0.25, 0.3) is 10.9 Å². The molecule has 0 aliphatic heterocycles. The highest BCUT2D eigenvalue weighted by atomic mass is 35.5. The SMILES string of the molecule is COc1cc2nccc(Oc3ccc(NC(=O)Nc4cc(C)on4)c(Cl)c3)c2cc1OC.Cl. The van der Waals surface area contributed by atoms with Crippen LogP contribution in [0.4, 0.5) is 16.3 Å². The summed E-state index contributed by atoms with van der Waals surface area (Å²) in [4.78, 5) is 16.5. The number of rotatable bonds is 6. The van der Waals surface area contributed by atoms with Crippen LogP contribution in [0.2, 0.25) is 5.02 Å². The minimum absolute atomic E-state index is 0. The van der Waals surface area contributed by atoms with Gasteiger partial charge in [-0.15, -0.1) is 12.4 Å². The summed E-state index contributed by atoms with van der Waals surface area (Å²) in [6.07, 6.45) is 1.64. The standard InChI is InChI=1S/C22H19ClN4O5.ClH/c1-12-8-21(27-32-12)26-22(28)25-16-5-4-13(9-15(16)23)31-18-6-7-24-17-11-20(30-3)19(29-2)10-14(17)18;/h4-11H,1-3H3,(H2,25,26,27,28);1H. The highest BCUT2D eigenvalue weighted by Crippen LogP contribution is 2.37. The quantitative estimate of drug-likeness (QED) is 0.338. The van der Waals surface area contributed by atoms with Gasteiger partial charge in [0.2, 0.25) is 0 Å². The smallest absolute Gasteiger partial charge is 0.324 e. The number of amides is 2. The first-order valence-electron chi connectivity index (χ1n) is 9.46. The molecule has 0 aliphatic rings. The van der Waals surface area contributed by atoms with E-state index in [1.54, 1.807) is 69.8 Å². The van der Waals surface area contributed by atoms with Crippen LogP contribution >= 0.6 is 24.0 Å². The Morgan fingerprint density at radius 3 is 2.42 bits per heavy atom. The molecular weight excluding hydrogens is 471 g/mol. The zero-order chi connectivity index (χ0) is 22.7. The van der Waals surface area contributed by atoms with Crippen molar-refractivity contribution < 1.29 is 23.5 Å². The predicted octanol–water partition coefficient (Wildman–Crippen LogP) is 6.06. The molecule has 2 amide bonds. The Morgan fingerprint density at radius 1 is 1.00 bits per heavy atom. The number of anilines is 2. The lowest BCUT2D eigenvalue weighted by atomic mass is 10.2. The summed E-state index contributed by atoms with van der Waals surface area (Å²) in [5.74, 6) is 3.06. The summed E-state index contributed by atoms with van der Waals surface area (Å²) >= 11 is 6.35. The second-order valence-corrected chi connectivity index (χ2v) is 7.09. The number of ether oxygens (including phenoxy) is 3. The number of nitrogens with zero attached hydrogens (tertiary/aromatic N) is 2. The molecule has 0 unspecified atom stereocenters. The number of pyridine rings is 1. The van der Waals surface area contributed by atoms with E-state index in [0.717, 1.165) is 5.39 Å². The second kappa shape index (κ2) is 10.3. The third-order valence-electron chi connectivity index (χ3n) is 4.49. The Balaban J connectivity index is 0.00000306. The number of fused-ring (bicyclic) bond motifs is 1. The minimum Gasteiger partial charge on any atom is -0.493 e. The van der Waals surface area contributed by atoms with Gasteiger partial charge in [-0.25, -0.2) is 4.79 Å². The van der Waals surface area contributed by atoms with Crippen LogP contribution in [0.15, 0.2) is 53.2 Å². The molecule has 0 fully saturated rings. The molecule has 0 saturated carbocycles. The first-order chi connectivity index (χ1) is 15.5. The van der Waals surface area contributed by atoms with Crippen molar-refractivity contribution in [3.05, 3.63) is 59.4 Å². The van der Waals surface area contributed by atoms with E-state index in [-0.39, 0.29) is 12.4 Å². The number of carbonyl (C=O) groups is 1. The molecule has 2 aromatic carbocycles. The summed E-state index contributed by atoms with van der Waals surface area (Å²) in [6.45, 7) is 1.73. The van der Waals surface area contributed by atoms with Gasteiger partial charge in [-0.2, -0.15) is 0 Å². The number of aryl methyl sites for hydroxylation is 1. The molecule has 0 saturated heterocycles. The summed E-state index contributed by atoms with van der Waals surface area (Å²) in [6, 6.07) is 11.3. The highest BCUT2D eigenvalue weighted by molar-refractivity contribution is 6.34. The summed E-state index contributed by atoms with van der Waals surface area (Å²) in [5, 5.41) is 9.96. The normalized spacial score (nSPS) is 10.3. The molecular formula is C22H20Cl2N4O5. The lowest BCUT2D eigenvalue weighted by Gasteiger charge is -2.13. The molecule has 4 rings (SSSR count). The molecule has 4 aromatic rings. The monoisotopic (exact) mass is 490 g/mol.